The van der Waals surface area contributed by atoms with Gasteiger partial charge in [-0.2, -0.15) is 11.1 Å². The molecule has 0 aromatic rings. The van der Waals surface area contributed by atoms with Crippen LogP contribution in [0.25, 0.3) is 0 Å². The normalized spacial score (nSPS) is 7.50. The topological polar surface area (TPSA) is 0 Å². The maximum Gasteiger partial charge on any atom is 0.122 e. The Morgan fingerprint density at radius 3 is 1.75 bits per heavy atom. The molecule has 0 unspecified atom stereocenters. The van der Waals surface area contributed by atoms with Gasteiger partial charge in [-0.1, -0.05) is 6.55 Å². The molecule has 0 saturated carbocycles. The third-order valence-electron chi connectivity index (χ3n) is 0. The fourth-order valence-electron chi connectivity index (χ4n) is 0. The molecular weight excluding hydrogens is 141 g/mol. The molecule has 0 aliphatic carbocycles. The van der Waals surface area contributed by atoms with E-state index in [0.717, 1.165) is 0 Å². The van der Waals surface area contributed by atoms with Crippen LogP contribution in [-0.2, 0) is 19.5 Å². The molecule has 0 fully saturated rings. The van der Waals surface area contributed by atoms with Crippen molar-refractivity contribution < 1.29 is 19.5 Å². The molecule has 22 valence electrons. The first-order valence-electron chi connectivity index (χ1n) is 0.974. The minimum atomic E-state index is -0.111. The van der Waals surface area contributed by atoms with E-state index in [1.54, 1.807) is 0 Å². The van der Waals surface area contributed by atoms with Crippen molar-refractivity contribution in [3.05, 3.63) is 0 Å². The predicted molar refractivity (Wildman–Crippen MR) is 20.3 cm³/mol. The summed E-state index contributed by atoms with van der Waals surface area (Å²) in [5.74, 6) is 0. The molecule has 0 aromatic carbocycles. The van der Waals surface area contributed by atoms with Gasteiger partial charge in [-0.3, -0.25) is 0 Å². The second-order valence-corrected chi connectivity index (χ2v) is 2.41. The van der Waals surface area contributed by atoms with Gasteiger partial charge in [0.05, 0.1) is 0 Å². The second-order valence-electron chi connectivity index (χ2n) is 0.267. The van der Waals surface area contributed by atoms with Crippen LogP contribution < -0.4 is 0 Å². The maximum absolute atomic E-state index is 5.14. The summed E-state index contributed by atoms with van der Waals surface area (Å²) in [4.78, 5) is 0. The largest absolute Gasteiger partial charge is 0.176 e. The molecule has 3 heteroatoms. The van der Waals surface area contributed by atoms with Crippen LogP contribution in [0, 0.1) is 0 Å². The fourth-order valence-corrected chi connectivity index (χ4v) is 0. The van der Waals surface area contributed by atoms with Crippen molar-refractivity contribution in [3.8, 4) is 0 Å². The molecule has 0 rings (SSSR count). The van der Waals surface area contributed by atoms with Gasteiger partial charge in [0.25, 0.3) is 0 Å². The third kappa shape index (κ3) is 11.1. The molecule has 0 bridgehead atoms. The minimum Gasteiger partial charge on any atom is -0.176 e. The van der Waals surface area contributed by atoms with E-state index < -0.39 is 0 Å². The maximum atomic E-state index is 5.14. The molecule has 0 saturated heterocycles. The zero-order chi connectivity index (χ0) is 2.71. The van der Waals surface area contributed by atoms with E-state index in [-0.39, 0.29) is 28.3 Å². The summed E-state index contributed by atoms with van der Waals surface area (Å²) in [7, 11) is -0.111. The molecule has 0 aliphatic heterocycles. The number of rotatable bonds is 0. The summed E-state index contributed by atoms with van der Waals surface area (Å²) in [6.45, 7) is 2.03. The van der Waals surface area contributed by atoms with E-state index in [0.29, 0.717) is 0 Å². The van der Waals surface area contributed by atoms with Crippen molar-refractivity contribution in [2.24, 2.45) is 0 Å². The quantitative estimate of drug-likeness (QED) is 0.341. The molecule has 0 spiro atoms. The molecule has 4 heavy (non-hydrogen) atoms. The molecule has 0 atom stereocenters. The van der Waals surface area contributed by atoms with Crippen molar-refractivity contribution in [1.82, 2.24) is 0 Å². The first-order valence-corrected chi connectivity index (χ1v) is 4.53. The number of halogens is 1. The third-order valence-corrected chi connectivity index (χ3v) is 0. The average Bonchev–Trinajstić information content (AvgIpc) is 0.918. The smallest absolute Gasteiger partial charge is 0.122 e. The van der Waals surface area contributed by atoms with Gasteiger partial charge < -0.3 is 0 Å². The Morgan fingerprint density at radius 2 is 1.75 bits per heavy atom. The van der Waals surface area contributed by atoms with Gasteiger partial charge in [0, 0.05) is 19.5 Å². The van der Waals surface area contributed by atoms with E-state index in [9.17, 15) is 0 Å². The standard InChI is InChI=1S/CH5ClSi.Zn/c1-3-2;/h3H2,1H3;. The summed E-state index contributed by atoms with van der Waals surface area (Å²) in [6.07, 6.45) is 0. The monoisotopic (exact) mass is 144 g/mol. The van der Waals surface area contributed by atoms with Crippen molar-refractivity contribution >= 4 is 19.9 Å². The molecular formula is CH5ClSiZn. The Hall–Kier alpha value is 1.13. The first-order chi connectivity index (χ1) is 1.41. The molecule has 0 nitrogen and oxygen atoms in total. The minimum absolute atomic E-state index is 0. The zero-order valence-electron chi connectivity index (χ0n) is 2.79. The zero-order valence-corrected chi connectivity index (χ0v) is 7.93. The molecule has 0 N–H and O–H groups in total. The van der Waals surface area contributed by atoms with E-state index in [4.69, 9.17) is 11.1 Å². The van der Waals surface area contributed by atoms with Crippen LogP contribution in [0.1, 0.15) is 0 Å². The average molecular weight is 146 g/mol. The van der Waals surface area contributed by atoms with Crippen molar-refractivity contribution in [3.63, 3.8) is 0 Å². The summed E-state index contributed by atoms with van der Waals surface area (Å²) < 4.78 is 0. The second kappa shape index (κ2) is 8.92. The van der Waals surface area contributed by atoms with Gasteiger partial charge in [0.2, 0.25) is 0 Å². The van der Waals surface area contributed by atoms with Gasteiger partial charge in [0.1, 0.15) is 8.83 Å². The van der Waals surface area contributed by atoms with E-state index in [2.05, 4.69) is 0 Å². The van der Waals surface area contributed by atoms with Gasteiger partial charge >= 0.3 is 0 Å². The van der Waals surface area contributed by atoms with Crippen LogP contribution >= 0.6 is 11.1 Å². The number of hydrogen-bond acceptors (Lipinski definition) is 0. The van der Waals surface area contributed by atoms with Crippen LogP contribution in [0.2, 0.25) is 6.55 Å². The van der Waals surface area contributed by atoms with Crippen molar-refractivity contribution in [2.45, 2.75) is 6.55 Å². The van der Waals surface area contributed by atoms with Gasteiger partial charge in [0.15, 0.2) is 0 Å². The Labute approximate surface area is 46.2 Å². The van der Waals surface area contributed by atoms with Crippen LogP contribution in [0.4, 0.5) is 0 Å². The van der Waals surface area contributed by atoms with Gasteiger partial charge in [-0.15, -0.1) is 0 Å². The molecule has 0 radical (unpaired) electrons. The molecule has 0 heterocycles. The van der Waals surface area contributed by atoms with Crippen LogP contribution in [0.15, 0.2) is 0 Å². The molecule has 0 aromatic heterocycles. The Balaban J connectivity index is 0. The van der Waals surface area contributed by atoms with Crippen molar-refractivity contribution in [1.29, 1.82) is 0 Å². The summed E-state index contributed by atoms with van der Waals surface area (Å²) in [5, 5.41) is 0. The Bertz CT molecular complexity index is 8.00. The van der Waals surface area contributed by atoms with E-state index >= 15 is 0 Å². The van der Waals surface area contributed by atoms with Crippen LogP contribution in [-0.4, -0.2) is 8.83 Å². The predicted octanol–water partition coefficient (Wildman–Crippen LogP) is 0.355. The SMILES string of the molecule is C[SiH2]Cl.[Zn]. The number of hydrogen-bond donors (Lipinski definition) is 0. The Morgan fingerprint density at radius 1 is 1.75 bits per heavy atom. The summed E-state index contributed by atoms with van der Waals surface area (Å²) in [6, 6.07) is 0. The van der Waals surface area contributed by atoms with Crippen LogP contribution in [0.3, 0.4) is 0 Å². The van der Waals surface area contributed by atoms with Crippen LogP contribution in [0.5, 0.6) is 0 Å². The fraction of sp³-hybridized carbons (Fsp3) is 1.00. The Kier molecular flexibility index (Phi) is 19.9. The summed E-state index contributed by atoms with van der Waals surface area (Å²) in [5.41, 5.74) is 0. The van der Waals surface area contributed by atoms with Crippen molar-refractivity contribution in [2.75, 3.05) is 0 Å². The van der Waals surface area contributed by atoms with E-state index in [1.807, 2.05) is 6.55 Å². The molecule has 0 aliphatic rings. The molecule has 0 amide bonds. The summed E-state index contributed by atoms with van der Waals surface area (Å²) >= 11 is 5.14. The van der Waals surface area contributed by atoms with Gasteiger partial charge in [-0.05, 0) is 0 Å². The first kappa shape index (κ1) is 8.93. The van der Waals surface area contributed by atoms with E-state index in [1.165, 1.54) is 0 Å². The van der Waals surface area contributed by atoms with Gasteiger partial charge in [-0.25, -0.2) is 0 Å².